The molecule has 0 aromatic rings. The van der Waals surface area contributed by atoms with Gasteiger partial charge in [-0.1, -0.05) is 0 Å². The van der Waals surface area contributed by atoms with Gasteiger partial charge in [-0.05, 0) is 13.8 Å². The highest BCUT2D eigenvalue weighted by Gasteiger charge is 2.31. The maximum atomic E-state index is 11.5. The second kappa shape index (κ2) is 6.88. The van der Waals surface area contributed by atoms with E-state index in [0.29, 0.717) is 0 Å². The van der Waals surface area contributed by atoms with Crippen molar-refractivity contribution >= 4 is 58.2 Å². The fourth-order valence-corrected chi connectivity index (χ4v) is 1.07. The number of amides is 2. The van der Waals surface area contributed by atoms with Gasteiger partial charge in [-0.25, -0.2) is 0 Å². The smallest absolute Gasteiger partial charge is 0.243 e. The molecule has 0 radical (unpaired) electrons. The molecular weight excluding hydrogens is 310 g/mol. The van der Waals surface area contributed by atoms with Crippen LogP contribution in [0.4, 0.5) is 0 Å². The first-order chi connectivity index (χ1) is 7.67. The highest BCUT2D eigenvalue weighted by atomic mass is 35.5. The van der Waals surface area contributed by atoms with E-state index in [1.807, 2.05) is 0 Å². The van der Waals surface area contributed by atoms with E-state index in [1.165, 1.54) is 13.8 Å². The Kier molecular flexibility index (Phi) is 6.92. The van der Waals surface area contributed by atoms with Crippen molar-refractivity contribution in [3.05, 3.63) is 0 Å². The van der Waals surface area contributed by atoms with Gasteiger partial charge in [0.15, 0.2) is 0 Å². The number of nitrogens with one attached hydrogen (secondary N) is 2. The lowest BCUT2D eigenvalue weighted by Gasteiger charge is -2.21. The zero-order valence-corrected chi connectivity index (χ0v) is 12.5. The Hall–Kier alpha value is 0.1000. The first kappa shape index (κ1) is 17.1. The Morgan fingerprint density at radius 2 is 1.24 bits per heavy atom. The van der Waals surface area contributed by atoms with E-state index in [0.717, 1.165) is 0 Å². The summed E-state index contributed by atoms with van der Waals surface area (Å²) in [7, 11) is 0. The lowest BCUT2D eigenvalue weighted by atomic mass is 10.2. The normalized spacial score (nSPS) is 17.8. The van der Waals surface area contributed by atoms with Crippen LogP contribution in [0, 0.1) is 0 Å². The molecule has 0 heterocycles. The van der Waals surface area contributed by atoms with Gasteiger partial charge in [0.1, 0.15) is 9.75 Å². The van der Waals surface area contributed by atoms with Gasteiger partial charge in [0.2, 0.25) is 11.8 Å². The number of carbonyl (C=O) groups is 2. The van der Waals surface area contributed by atoms with Gasteiger partial charge in [0.25, 0.3) is 0 Å². The van der Waals surface area contributed by atoms with Crippen LogP contribution in [0.5, 0.6) is 0 Å². The Morgan fingerprint density at radius 3 is 1.47 bits per heavy atom. The van der Waals surface area contributed by atoms with Gasteiger partial charge in [0.05, 0.1) is 18.4 Å². The van der Waals surface area contributed by atoms with Crippen LogP contribution in [-0.4, -0.2) is 40.0 Å². The summed E-state index contributed by atoms with van der Waals surface area (Å²) >= 11 is 22.6. The monoisotopic (exact) mass is 322 g/mol. The van der Waals surface area contributed by atoms with Crippen molar-refractivity contribution in [3.8, 4) is 0 Å². The van der Waals surface area contributed by atoms with Crippen molar-refractivity contribution < 1.29 is 9.59 Å². The summed E-state index contributed by atoms with van der Waals surface area (Å²) in [6.45, 7) is 2.86. The number of rotatable bonds is 6. The van der Waals surface area contributed by atoms with Gasteiger partial charge in [-0.15, -0.1) is 46.4 Å². The first-order valence-corrected chi connectivity index (χ1v) is 6.56. The van der Waals surface area contributed by atoms with Crippen molar-refractivity contribution in [2.45, 2.75) is 23.6 Å². The molecule has 0 saturated heterocycles. The van der Waals surface area contributed by atoms with Crippen LogP contribution < -0.4 is 10.6 Å². The van der Waals surface area contributed by atoms with Crippen LogP contribution in [0.2, 0.25) is 0 Å². The topological polar surface area (TPSA) is 58.2 Å². The Balaban J connectivity index is 4.10. The summed E-state index contributed by atoms with van der Waals surface area (Å²) in [6, 6.07) is 0. The highest BCUT2D eigenvalue weighted by Crippen LogP contribution is 2.16. The lowest BCUT2D eigenvalue weighted by Crippen LogP contribution is -2.50. The summed E-state index contributed by atoms with van der Waals surface area (Å²) in [5.74, 6) is -1.03. The van der Waals surface area contributed by atoms with E-state index in [1.54, 1.807) is 0 Å². The van der Waals surface area contributed by atoms with Gasteiger partial charge in [0, 0.05) is 0 Å². The summed E-state index contributed by atoms with van der Waals surface area (Å²) in [5.41, 5.74) is 0. The van der Waals surface area contributed by atoms with Gasteiger partial charge >= 0.3 is 0 Å². The zero-order valence-electron chi connectivity index (χ0n) is 9.45. The lowest BCUT2D eigenvalue weighted by molar-refractivity contribution is -0.124. The molecule has 0 bridgehead atoms. The van der Waals surface area contributed by atoms with Crippen molar-refractivity contribution in [3.63, 3.8) is 0 Å². The average Bonchev–Trinajstić information content (AvgIpc) is 2.28. The zero-order chi connectivity index (χ0) is 13.7. The summed E-state index contributed by atoms with van der Waals surface area (Å²) in [5, 5.41) is 4.82. The molecule has 0 saturated carbocycles. The van der Waals surface area contributed by atoms with E-state index >= 15 is 0 Å². The second-order valence-corrected chi connectivity index (χ2v) is 6.05. The van der Waals surface area contributed by atoms with E-state index < -0.39 is 21.6 Å². The molecule has 2 N–H and O–H groups in total. The Bertz CT molecular complexity index is 267. The van der Waals surface area contributed by atoms with Crippen LogP contribution in [0.3, 0.4) is 0 Å². The fraction of sp³-hybridized carbons (Fsp3) is 0.778. The molecule has 0 aromatic carbocycles. The molecule has 8 heteroatoms. The molecule has 0 rings (SSSR count). The third kappa shape index (κ3) is 5.51. The molecule has 0 aliphatic rings. The van der Waals surface area contributed by atoms with E-state index in [-0.39, 0.29) is 18.4 Å². The minimum absolute atomic E-state index is 0.0385. The average molecular weight is 324 g/mol. The van der Waals surface area contributed by atoms with E-state index in [2.05, 4.69) is 10.6 Å². The molecule has 4 nitrogen and oxygen atoms in total. The molecule has 0 spiro atoms. The summed E-state index contributed by atoms with van der Waals surface area (Å²) in [4.78, 5) is 20.5. The predicted molar refractivity (Wildman–Crippen MR) is 71.1 cm³/mol. The number of halogens is 4. The van der Waals surface area contributed by atoms with Crippen molar-refractivity contribution in [1.29, 1.82) is 0 Å². The molecule has 2 unspecified atom stereocenters. The largest absolute Gasteiger partial charge is 0.337 e. The van der Waals surface area contributed by atoms with Crippen LogP contribution in [0.15, 0.2) is 0 Å². The Morgan fingerprint density at radius 1 is 0.941 bits per heavy atom. The van der Waals surface area contributed by atoms with E-state index in [4.69, 9.17) is 46.4 Å². The molecule has 0 aliphatic carbocycles. The van der Waals surface area contributed by atoms with Crippen molar-refractivity contribution in [2.75, 3.05) is 18.4 Å². The maximum absolute atomic E-state index is 11.5. The molecule has 2 atom stereocenters. The van der Waals surface area contributed by atoms with E-state index in [9.17, 15) is 9.59 Å². The quantitative estimate of drug-likeness (QED) is 0.577. The van der Waals surface area contributed by atoms with Gasteiger partial charge in [-0.3, -0.25) is 9.59 Å². The standard InChI is InChI=1S/C9H14Cl4N2O2/c1-8(12,3-10)6(16)14-5-15-7(17)9(2,13)4-11/h3-5H2,1-2H3,(H,14,16)(H,15,17). The fourth-order valence-electron chi connectivity index (χ4n) is 0.695. The third-order valence-electron chi connectivity index (χ3n) is 1.95. The third-order valence-corrected chi connectivity index (χ3v) is 3.90. The minimum Gasteiger partial charge on any atom is -0.337 e. The number of hydrogen-bond donors (Lipinski definition) is 2. The molecule has 0 aromatic heterocycles. The van der Waals surface area contributed by atoms with Gasteiger partial charge < -0.3 is 10.6 Å². The maximum Gasteiger partial charge on any atom is 0.243 e. The van der Waals surface area contributed by atoms with Crippen molar-refractivity contribution in [1.82, 2.24) is 10.6 Å². The molecule has 0 fully saturated rings. The molecule has 100 valence electrons. The number of hydrogen-bond acceptors (Lipinski definition) is 2. The summed E-state index contributed by atoms with van der Waals surface area (Å²) < 4.78 is 0. The van der Waals surface area contributed by atoms with Crippen molar-refractivity contribution in [2.24, 2.45) is 0 Å². The molecule has 17 heavy (non-hydrogen) atoms. The predicted octanol–water partition coefficient (Wildman–Crippen LogP) is 1.65. The highest BCUT2D eigenvalue weighted by molar-refractivity contribution is 6.40. The number of carbonyl (C=O) groups excluding carboxylic acids is 2. The molecule has 2 amide bonds. The van der Waals surface area contributed by atoms with Gasteiger partial charge in [-0.2, -0.15) is 0 Å². The molecular formula is C9H14Cl4N2O2. The van der Waals surface area contributed by atoms with Crippen LogP contribution in [0.25, 0.3) is 0 Å². The summed E-state index contributed by atoms with van der Waals surface area (Å²) in [6.07, 6.45) is 0. The minimum atomic E-state index is -1.21. The van der Waals surface area contributed by atoms with Crippen LogP contribution in [-0.2, 0) is 9.59 Å². The number of alkyl halides is 4. The van der Waals surface area contributed by atoms with Crippen LogP contribution in [0.1, 0.15) is 13.8 Å². The Labute approximate surface area is 120 Å². The second-order valence-electron chi connectivity index (χ2n) is 3.85. The first-order valence-electron chi connectivity index (χ1n) is 4.73. The SMILES string of the molecule is CC(Cl)(CCl)C(=O)NCNC(=O)C(C)(Cl)CCl. The molecule has 0 aliphatic heterocycles. The van der Waals surface area contributed by atoms with Crippen LogP contribution >= 0.6 is 46.4 Å².